The summed E-state index contributed by atoms with van der Waals surface area (Å²) < 4.78 is 7.64. The molecule has 1 N–H and O–H groups in total. The van der Waals surface area contributed by atoms with E-state index in [4.69, 9.17) is 4.74 Å². The zero-order valence-corrected chi connectivity index (χ0v) is 16.5. The fraction of sp³-hybridized carbons (Fsp3) is 0.611. The van der Waals surface area contributed by atoms with Crippen molar-refractivity contribution < 1.29 is 9.84 Å². The minimum atomic E-state index is -0.595. The molecule has 0 saturated heterocycles. The van der Waals surface area contributed by atoms with Crippen molar-refractivity contribution in [3.8, 4) is 5.75 Å². The van der Waals surface area contributed by atoms with E-state index >= 15 is 0 Å². The van der Waals surface area contributed by atoms with Crippen molar-refractivity contribution in [3.63, 3.8) is 0 Å². The zero-order valence-electron chi connectivity index (χ0n) is 15.6. The Morgan fingerprint density at radius 3 is 2.64 bits per heavy atom. The number of tetrazole rings is 1. The molecule has 0 bridgehead atoms. The predicted molar refractivity (Wildman–Crippen MR) is 100 cm³/mol. The Morgan fingerprint density at radius 2 is 1.96 bits per heavy atom. The molecule has 138 valence electrons. The van der Waals surface area contributed by atoms with Gasteiger partial charge in [-0.1, -0.05) is 64.6 Å². The van der Waals surface area contributed by atoms with Crippen LogP contribution in [-0.4, -0.2) is 43.8 Å². The number of aromatic nitrogens is 4. The van der Waals surface area contributed by atoms with Crippen LogP contribution >= 0.6 is 11.8 Å². The standard InChI is InChI=1S/C18H28N4O2S/c1-13(2)10-22-17(19-20-21-22)25-12-14(23)11-24-16-9-7-6-8-15(16)18(3,4)5/h6-9,13-14,23H,10-12H2,1-5H3. The average Bonchev–Trinajstić information content (AvgIpc) is 2.96. The van der Waals surface area contributed by atoms with Crippen molar-refractivity contribution in [2.45, 2.75) is 57.8 Å². The van der Waals surface area contributed by atoms with Gasteiger partial charge in [0.25, 0.3) is 0 Å². The maximum atomic E-state index is 10.3. The Hall–Kier alpha value is -1.60. The highest BCUT2D eigenvalue weighted by Gasteiger charge is 2.19. The minimum absolute atomic E-state index is 0.00473. The summed E-state index contributed by atoms with van der Waals surface area (Å²) in [7, 11) is 0. The lowest BCUT2D eigenvalue weighted by Crippen LogP contribution is -2.22. The van der Waals surface area contributed by atoms with Crippen molar-refractivity contribution in [3.05, 3.63) is 29.8 Å². The number of para-hydroxylation sites is 1. The molecule has 6 nitrogen and oxygen atoms in total. The maximum absolute atomic E-state index is 10.3. The van der Waals surface area contributed by atoms with Crippen LogP contribution in [-0.2, 0) is 12.0 Å². The summed E-state index contributed by atoms with van der Waals surface area (Å²) >= 11 is 1.45. The van der Waals surface area contributed by atoms with Crippen LogP contribution in [0.2, 0.25) is 0 Å². The molecule has 1 aromatic heterocycles. The highest BCUT2D eigenvalue weighted by molar-refractivity contribution is 7.99. The van der Waals surface area contributed by atoms with E-state index in [0.717, 1.165) is 23.0 Å². The summed E-state index contributed by atoms with van der Waals surface area (Å²) in [5, 5.41) is 22.7. The number of ether oxygens (including phenoxy) is 1. The molecule has 25 heavy (non-hydrogen) atoms. The largest absolute Gasteiger partial charge is 0.491 e. The molecule has 7 heteroatoms. The molecular weight excluding hydrogens is 336 g/mol. The summed E-state index contributed by atoms with van der Waals surface area (Å²) in [5.74, 6) is 1.77. The van der Waals surface area contributed by atoms with E-state index in [1.165, 1.54) is 11.8 Å². The van der Waals surface area contributed by atoms with Gasteiger partial charge in [0.15, 0.2) is 0 Å². The number of thioether (sulfide) groups is 1. The van der Waals surface area contributed by atoms with Gasteiger partial charge in [-0.2, -0.15) is 0 Å². The van der Waals surface area contributed by atoms with Gasteiger partial charge < -0.3 is 9.84 Å². The minimum Gasteiger partial charge on any atom is -0.491 e. The van der Waals surface area contributed by atoms with Gasteiger partial charge >= 0.3 is 0 Å². The first-order valence-corrected chi connectivity index (χ1v) is 9.55. The van der Waals surface area contributed by atoms with Crippen molar-refractivity contribution >= 4 is 11.8 Å². The monoisotopic (exact) mass is 364 g/mol. The second-order valence-electron chi connectivity index (χ2n) is 7.56. The van der Waals surface area contributed by atoms with Crippen LogP contribution in [0.25, 0.3) is 0 Å². The highest BCUT2D eigenvalue weighted by Crippen LogP contribution is 2.31. The number of hydrogen-bond donors (Lipinski definition) is 1. The maximum Gasteiger partial charge on any atom is 0.209 e. The Morgan fingerprint density at radius 1 is 1.24 bits per heavy atom. The van der Waals surface area contributed by atoms with Gasteiger partial charge in [-0.05, 0) is 33.4 Å². The van der Waals surface area contributed by atoms with Gasteiger partial charge in [0.05, 0.1) is 6.10 Å². The lowest BCUT2D eigenvalue weighted by molar-refractivity contribution is 0.125. The third-order valence-electron chi connectivity index (χ3n) is 3.57. The number of aliphatic hydroxyl groups excluding tert-OH is 1. The number of benzene rings is 1. The predicted octanol–water partition coefficient (Wildman–Crippen LogP) is 3.16. The smallest absolute Gasteiger partial charge is 0.209 e. The normalized spacial score (nSPS) is 13.2. The molecule has 0 spiro atoms. The highest BCUT2D eigenvalue weighted by atomic mass is 32.2. The Labute approximate surface area is 154 Å². The van der Waals surface area contributed by atoms with Crippen LogP contribution < -0.4 is 4.74 Å². The van der Waals surface area contributed by atoms with Crippen molar-refractivity contribution in [1.29, 1.82) is 0 Å². The lowest BCUT2D eigenvalue weighted by Gasteiger charge is -2.23. The van der Waals surface area contributed by atoms with Gasteiger partial charge in [0, 0.05) is 12.3 Å². The first-order valence-electron chi connectivity index (χ1n) is 8.56. The van der Waals surface area contributed by atoms with Crippen LogP contribution in [0.4, 0.5) is 0 Å². The van der Waals surface area contributed by atoms with E-state index in [-0.39, 0.29) is 12.0 Å². The van der Waals surface area contributed by atoms with Crippen molar-refractivity contribution in [1.82, 2.24) is 20.2 Å². The molecule has 0 aliphatic rings. The molecule has 2 aromatic rings. The van der Waals surface area contributed by atoms with Crippen molar-refractivity contribution in [2.24, 2.45) is 5.92 Å². The molecule has 0 radical (unpaired) electrons. The first-order chi connectivity index (χ1) is 11.8. The fourth-order valence-corrected chi connectivity index (χ4v) is 3.17. The van der Waals surface area contributed by atoms with Gasteiger partial charge in [-0.3, -0.25) is 0 Å². The molecule has 1 unspecified atom stereocenters. The summed E-state index contributed by atoms with van der Waals surface area (Å²) in [6.45, 7) is 11.7. The van der Waals surface area contributed by atoms with Crippen LogP contribution in [0.3, 0.4) is 0 Å². The topological polar surface area (TPSA) is 73.1 Å². The molecule has 0 saturated carbocycles. The molecular formula is C18H28N4O2S. The second-order valence-corrected chi connectivity index (χ2v) is 8.55. The number of rotatable bonds is 8. The van der Waals surface area contributed by atoms with Crippen LogP contribution in [0, 0.1) is 5.92 Å². The van der Waals surface area contributed by atoms with Gasteiger partial charge in [-0.15, -0.1) is 5.10 Å². The second kappa shape index (κ2) is 8.67. The third kappa shape index (κ3) is 6.01. The molecule has 1 heterocycles. The fourth-order valence-electron chi connectivity index (χ4n) is 2.38. The SMILES string of the molecule is CC(C)Cn1nnnc1SCC(O)COc1ccccc1C(C)(C)C. The van der Waals surface area contributed by atoms with E-state index in [2.05, 4.69) is 56.2 Å². The number of hydrogen-bond acceptors (Lipinski definition) is 6. The molecule has 0 aliphatic heterocycles. The van der Waals surface area contributed by atoms with E-state index in [0.29, 0.717) is 11.7 Å². The van der Waals surface area contributed by atoms with E-state index in [1.807, 2.05) is 18.2 Å². The summed E-state index contributed by atoms with van der Waals surface area (Å²) in [6, 6.07) is 7.97. The Balaban J connectivity index is 1.88. The molecule has 0 amide bonds. The van der Waals surface area contributed by atoms with Gasteiger partial charge in [-0.25, -0.2) is 4.68 Å². The molecule has 0 fully saturated rings. The third-order valence-corrected chi connectivity index (χ3v) is 4.67. The summed E-state index contributed by atoms with van der Waals surface area (Å²) in [6.07, 6.45) is -0.595. The van der Waals surface area contributed by atoms with Crippen LogP contribution in [0.5, 0.6) is 5.75 Å². The Bertz CT molecular complexity index is 667. The molecule has 0 aliphatic carbocycles. The zero-order chi connectivity index (χ0) is 18.4. The number of aliphatic hydroxyl groups is 1. The van der Waals surface area contributed by atoms with Crippen molar-refractivity contribution in [2.75, 3.05) is 12.4 Å². The van der Waals surface area contributed by atoms with Gasteiger partial charge in [0.1, 0.15) is 12.4 Å². The van der Waals surface area contributed by atoms with E-state index in [1.54, 1.807) is 4.68 Å². The van der Waals surface area contributed by atoms with Gasteiger partial charge in [0.2, 0.25) is 5.16 Å². The van der Waals surface area contributed by atoms with E-state index < -0.39 is 6.10 Å². The summed E-state index contributed by atoms with van der Waals surface area (Å²) in [5.41, 5.74) is 1.13. The lowest BCUT2D eigenvalue weighted by atomic mass is 9.86. The molecule has 1 atom stereocenters. The average molecular weight is 365 g/mol. The summed E-state index contributed by atoms with van der Waals surface area (Å²) in [4.78, 5) is 0. The van der Waals surface area contributed by atoms with Crippen LogP contribution in [0.15, 0.2) is 29.4 Å². The van der Waals surface area contributed by atoms with E-state index in [9.17, 15) is 5.11 Å². The number of nitrogens with zero attached hydrogens (tertiary/aromatic N) is 4. The van der Waals surface area contributed by atoms with Crippen LogP contribution in [0.1, 0.15) is 40.2 Å². The quantitative estimate of drug-likeness (QED) is 0.726. The molecule has 2 rings (SSSR count). The molecule has 1 aromatic carbocycles. The Kier molecular flexibility index (Phi) is 6.84. The first kappa shape index (κ1) is 19.7.